The number of carbonyl (C=O) groups is 1. The molecule has 1 aliphatic carbocycles. The van der Waals surface area contributed by atoms with Crippen molar-refractivity contribution in [1.82, 2.24) is 15.3 Å². The Bertz CT molecular complexity index is 1510. The van der Waals surface area contributed by atoms with Crippen molar-refractivity contribution in [1.29, 1.82) is 0 Å². The number of halogens is 4. The molecular weight excluding hydrogens is 609 g/mol. The third-order valence-electron chi connectivity index (χ3n) is 6.65. The van der Waals surface area contributed by atoms with Gasteiger partial charge < -0.3 is 20.8 Å². The van der Waals surface area contributed by atoms with Gasteiger partial charge in [0.05, 0.1) is 29.1 Å². The number of alkyl halides is 3. The lowest BCUT2D eigenvalue weighted by Crippen LogP contribution is -2.44. The number of aromatic carboxylic acids is 1. The van der Waals surface area contributed by atoms with Crippen LogP contribution in [0.1, 0.15) is 63.8 Å². The molecule has 40 heavy (non-hydrogen) atoms. The predicted molar refractivity (Wildman–Crippen MR) is 153 cm³/mol. The number of nitrogens with one attached hydrogen (secondary N) is 2. The van der Waals surface area contributed by atoms with E-state index in [1.54, 1.807) is 18.3 Å². The quantitative estimate of drug-likeness (QED) is 0.222. The summed E-state index contributed by atoms with van der Waals surface area (Å²) in [6.45, 7) is 3.73. The van der Waals surface area contributed by atoms with Crippen LogP contribution in [0.15, 0.2) is 53.3 Å². The number of carboxylic acid groups (broad SMARTS) is 1. The smallest absolute Gasteiger partial charge is 0.416 e. The highest BCUT2D eigenvalue weighted by atomic mass is 79.9. The number of thiocarbonyl (C=S) groups is 1. The summed E-state index contributed by atoms with van der Waals surface area (Å²) in [4.78, 5) is 20.3. The van der Waals surface area contributed by atoms with Gasteiger partial charge in [-0.25, -0.2) is 9.78 Å². The van der Waals surface area contributed by atoms with Crippen LogP contribution in [0.25, 0.3) is 5.57 Å². The van der Waals surface area contributed by atoms with Crippen LogP contribution in [0.2, 0.25) is 0 Å². The van der Waals surface area contributed by atoms with Crippen LogP contribution in [0.3, 0.4) is 0 Å². The van der Waals surface area contributed by atoms with Gasteiger partial charge in [-0.1, -0.05) is 18.3 Å². The number of allylic oxidation sites excluding steroid dienone is 1. The number of aryl methyl sites for hydroxylation is 1. The molecule has 1 aromatic carbocycles. The third-order valence-corrected chi connectivity index (χ3v) is 8.01. The van der Waals surface area contributed by atoms with Gasteiger partial charge in [-0.05, 0) is 102 Å². The van der Waals surface area contributed by atoms with Gasteiger partial charge in [0.1, 0.15) is 16.4 Å². The van der Waals surface area contributed by atoms with Gasteiger partial charge in [0, 0.05) is 16.9 Å². The summed E-state index contributed by atoms with van der Waals surface area (Å²) in [6, 6.07) is 8.59. The fourth-order valence-corrected chi connectivity index (χ4v) is 5.55. The Labute approximate surface area is 242 Å². The molecule has 2 heterocycles. The third kappa shape index (κ3) is 6.34. The van der Waals surface area contributed by atoms with Crippen LogP contribution < -0.4 is 10.6 Å². The van der Waals surface area contributed by atoms with Crippen molar-refractivity contribution in [2.45, 2.75) is 51.4 Å². The van der Waals surface area contributed by atoms with Gasteiger partial charge in [-0.15, -0.1) is 0 Å². The standard InChI is InChI=1S/C28H26BrF3N4O3S/c1-15-10-22(36-23(11-15)34-14-18-12-17(7-9-33-18)28(30,31)32)16(2)13-35-26(40)27(39)8-3-4-19-21(27)6-5-20(24(19)29)25(37)38/h5-7,9-13,39H,3-4,8,14H2,1-2H3,(H,34,36)(H,35,40)(H,37,38)/b16-13+. The molecule has 0 radical (unpaired) electrons. The molecule has 4 N–H and O–H groups in total. The highest BCUT2D eigenvalue weighted by molar-refractivity contribution is 9.10. The Morgan fingerprint density at radius 3 is 2.70 bits per heavy atom. The Morgan fingerprint density at radius 2 is 2.00 bits per heavy atom. The molecular formula is C28H26BrF3N4O3S. The highest BCUT2D eigenvalue weighted by Crippen LogP contribution is 2.40. The van der Waals surface area contributed by atoms with Gasteiger partial charge in [0.15, 0.2) is 0 Å². The number of rotatable bonds is 7. The number of anilines is 1. The van der Waals surface area contributed by atoms with Crippen molar-refractivity contribution in [2.75, 3.05) is 5.32 Å². The molecule has 2 aromatic heterocycles. The first-order valence-corrected chi connectivity index (χ1v) is 13.5. The molecule has 0 saturated carbocycles. The van der Waals surface area contributed by atoms with E-state index >= 15 is 0 Å². The zero-order valence-electron chi connectivity index (χ0n) is 21.6. The Morgan fingerprint density at radius 1 is 1.25 bits per heavy atom. The SMILES string of the molecule is C/C(=C\NC(=S)C1(O)CCCc2c1ccc(C(=O)O)c2Br)c1cc(C)cc(NCc2cc(C(F)(F)F)ccn2)n1. The number of hydrogen-bond donors (Lipinski definition) is 4. The van der Waals surface area contributed by atoms with E-state index < -0.39 is 23.3 Å². The molecule has 7 nitrogen and oxygen atoms in total. The minimum Gasteiger partial charge on any atom is -0.478 e. The summed E-state index contributed by atoms with van der Waals surface area (Å²) >= 11 is 8.97. The summed E-state index contributed by atoms with van der Waals surface area (Å²) < 4.78 is 39.5. The van der Waals surface area contributed by atoms with Crippen molar-refractivity contribution < 1.29 is 28.2 Å². The molecule has 0 fully saturated rings. The Kier molecular flexibility index (Phi) is 8.62. The molecule has 1 atom stereocenters. The van der Waals surface area contributed by atoms with Crippen LogP contribution in [-0.2, 0) is 24.7 Å². The number of aliphatic hydroxyl groups is 1. The molecule has 0 spiro atoms. The average Bonchev–Trinajstić information content (AvgIpc) is 2.90. The highest BCUT2D eigenvalue weighted by Gasteiger charge is 2.40. The van der Waals surface area contributed by atoms with Crippen LogP contribution in [0, 0.1) is 6.92 Å². The fraction of sp³-hybridized carbons (Fsp3) is 0.286. The minimum atomic E-state index is -4.45. The molecule has 3 aromatic rings. The first-order chi connectivity index (χ1) is 18.8. The van der Waals surface area contributed by atoms with Crippen molar-refractivity contribution >= 4 is 50.5 Å². The molecule has 4 rings (SSSR count). The van der Waals surface area contributed by atoms with E-state index in [9.17, 15) is 28.2 Å². The first kappa shape index (κ1) is 29.6. The molecule has 210 valence electrons. The maximum atomic E-state index is 13.0. The summed E-state index contributed by atoms with van der Waals surface area (Å²) in [5, 5.41) is 27.0. The summed E-state index contributed by atoms with van der Waals surface area (Å²) in [5.41, 5.74) is 1.54. The van der Waals surface area contributed by atoms with Gasteiger partial charge in [0.25, 0.3) is 0 Å². The maximum Gasteiger partial charge on any atom is 0.416 e. The van der Waals surface area contributed by atoms with E-state index in [0.717, 1.165) is 23.9 Å². The first-order valence-electron chi connectivity index (χ1n) is 12.3. The minimum absolute atomic E-state index is 0.0521. The number of fused-ring (bicyclic) bond motifs is 1. The van der Waals surface area contributed by atoms with Crippen molar-refractivity contribution in [3.05, 3.63) is 92.5 Å². The van der Waals surface area contributed by atoms with E-state index in [1.807, 2.05) is 19.9 Å². The summed E-state index contributed by atoms with van der Waals surface area (Å²) in [6.07, 6.45) is -0.0979. The molecule has 0 amide bonds. The van der Waals surface area contributed by atoms with E-state index in [0.29, 0.717) is 51.9 Å². The van der Waals surface area contributed by atoms with Crippen LogP contribution in [-0.4, -0.2) is 31.1 Å². The second-order valence-electron chi connectivity index (χ2n) is 9.58. The molecule has 12 heteroatoms. The van der Waals surface area contributed by atoms with E-state index in [-0.39, 0.29) is 22.8 Å². The van der Waals surface area contributed by atoms with Gasteiger partial charge in [0.2, 0.25) is 0 Å². The topological polar surface area (TPSA) is 107 Å². The maximum absolute atomic E-state index is 13.0. The lowest BCUT2D eigenvalue weighted by Gasteiger charge is -2.35. The van der Waals surface area contributed by atoms with Crippen LogP contribution in [0.5, 0.6) is 0 Å². The normalized spacial score (nSPS) is 17.2. The van der Waals surface area contributed by atoms with E-state index in [1.165, 1.54) is 6.07 Å². The molecule has 1 aliphatic rings. The van der Waals surface area contributed by atoms with E-state index in [2.05, 4.69) is 36.5 Å². The fourth-order valence-electron chi connectivity index (χ4n) is 4.57. The lowest BCUT2D eigenvalue weighted by molar-refractivity contribution is -0.137. The van der Waals surface area contributed by atoms with Crippen LogP contribution >= 0.6 is 28.1 Å². The number of hydrogen-bond acceptors (Lipinski definition) is 6. The molecule has 0 aliphatic heterocycles. The van der Waals surface area contributed by atoms with Gasteiger partial charge in [-0.3, -0.25) is 4.98 Å². The van der Waals surface area contributed by atoms with Crippen molar-refractivity contribution in [3.63, 3.8) is 0 Å². The zero-order chi connectivity index (χ0) is 29.2. The van der Waals surface area contributed by atoms with Gasteiger partial charge in [-0.2, -0.15) is 13.2 Å². The second-order valence-corrected chi connectivity index (χ2v) is 10.8. The number of carboxylic acids is 1. The number of benzene rings is 1. The van der Waals surface area contributed by atoms with Gasteiger partial charge >= 0.3 is 12.1 Å². The monoisotopic (exact) mass is 634 g/mol. The molecule has 0 bridgehead atoms. The molecule has 1 unspecified atom stereocenters. The second kappa shape index (κ2) is 11.6. The molecule has 0 saturated heterocycles. The van der Waals surface area contributed by atoms with E-state index in [4.69, 9.17) is 12.2 Å². The Balaban J connectivity index is 1.50. The van der Waals surface area contributed by atoms with Crippen molar-refractivity contribution in [3.8, 4) is 0 Å². The predicted octanol–water partition coefficient (Wildman–Crippen LogP) is 6.38. The van der Waals surface area contributed by atoms with Crippen LogP contribution in [0.4, 0.5) is 19.0 Å². The van der Waals surface area contributed by atoms with Crippen molar-refractivity contribution in [2.24, 2.45) is 0 Å². The average molecular weight is 636 g/mol. The summed E-state index contributed by atoms with van der Waals surface area (Å²) in [5.74, 6) is -0.600. The number of aromatic nitrogens is 2. The lowest BCUT2D eigenvalue weighted by atomic mass is 9.78. The summed E-state index contributed by atoms with van der Waals surface area (Å²) in [7, 11) is 0. The Hall–Kier alpha value is -3.35. The number of nitrogens with zero attached hydrogens (tertiary/aromatic N) is 2. The number of pyridine rings is 2. The largest absolute Gasteiger partial charge is 0.478 e. The zero-order valence-corrected chi connectivity index (χ0v) is 24.0.